The molecule has 0 aliphatic rings. The van der Waals surface area contributed by atoms with Crippen LogP contribution in [0.5, 0.6) is 0 Å². The topological polar surface area (TPSA) is 131 Å². The van der Waals surface area contributed by atoms with Crippen LogP contribution in [-0.4, -0.2) is 45.4 Å². The van der Waals surface area contributed by atoms with Crippen molar-refractivity contribution in [2.24, 2.45) is 5.14 Å². The minimum Gasteiger partial charge on any atom is -0.452 e. The fourth-order valence-electron chi connectivity index (χ4n) is 1.66. The lowest BCUT2D eigenvalue weighted by atomic mass is 10.1. The van der Waals surface area contributed by atoms with E-state index in [4.69, 9.17) is 15.1 Å². The van der Waals surface area contributed by atoms with Crippen LogP contribution in [0.3, 0.4) is 0 Å². The molecule has 0 fully saturated rings. The second-order valence-electron chi connectivity index (χ2n) is 4.82. The van der Waals surface area contributed by atoms with E-state index in [1.54, 1.807) is 6.92 Å². The van der Waals surface area contributed by atoms with Crippen molar-refractivity contribution in [2.45, 2.75) is 18.2 Å². The fourth-order valence-corrected chi connectivity index (χ4v) is 2.20. The lowest BCUT2D eigenvalue weighted by Gasteiger charge is -2.15. The molecule has 0 atom stereocenters. The van der Waals surface area contributed by atoms with Crippen LogP contribution >= 0.6 is 0 Å². The molecule has 1 aromatic carbocycles. The molecule has 0 saturated carbocycles. The Hall–Kier alpha value is -2.44. The average Bonchev–Trinajstić information content (AvgIpc) is 2.49. The zero-order valence-electron chi connectivity index (χ0n) is 12.8. The summed E-state index contributed by atoms with van der Waals surface area (Å²) in [7, 11) is -2.46. The summed E-state index contributed by atoms with van der Waals surface area (Å²) in [5, 5.41) is 13.5. The van der Waals surface area contributed by atoms with Crippen LogP contribution in [0.2, 0.25) is 0 Å². The Kier molecular flexibility index (Phi) is 6.24. The van der Waals surface area contributed by atoms with Gasteiger partial charge in [0.1, 0.15) is 0 Å². The highest BCUT2D eigenvalue weighted by molar-refractivity contribution is 7.89. The Labute approximate surface area is 134 Å². The Balaban J connectivity index is 2.79. The number of likely N-dealkylation sites (N-methyl/N-ethyl adjacent to an activating group) is 1. The first-order chi connectivity index (χ1) is 10.7. The highest BCUT2D eigenvalue weighted by atomic mass is 32.2. The second kappa shape index (κ2) is 7.71. The zero-order chi connectivity index (χ0) is 17.6. The molecule has 2 N–H and O–H groups in total. The lowest BCUT2D eigenvalue weighted by molar-refractivity contribution is -0.133. The Morgan fingerprint density at radius 1 is 1.39 bits per heavy atom. The van der Waals surface area contributed by atoms with Gasteiger partial charge in [-0.25, -0.2) is 18.4 Å². The van der Waals surface area contributed by atoms with E-state index >= 15 is 0 Å². The van der Waals surface area contributed by atoms with Gasteiger partial charge in [0.05, 0.1) is 22.9 Å². The van der Waals surface area contributed by atoms with Gasteiger partial charge in [0, 0.05) is 13.6 Å². The number of primary sulfonamides is 1. The number of hydrogen-bond acceptors (Lipinski definition) is 6. The number of carbonyl (C=O) groups excluding carboxylic acids is 2. The van der Waals surface area contributed by atoms with Gasteiger partial charge in [-0.05, 0) is 24.6 Å². The van der Waals surface area contributed by atoms with Crippen molar-refractivity contribution in [2.75, 3.05) is 20.2 Å². The molecule has 0 aromatic heterocycles. The second-order valence-corrected chi connectivity index (χ2v) is 6.38. The van der Waals surface area contributed by atoms with Gasteiger partial charge in [0.25, 0.3) is 5.91 Å². The smallest absolute Gasteiger partial charge is 0.338 e. The number of nitrogens with two attached hydrogens (primary N) is 1. The molecule has 0 aliphatic heterocycles. The number of nitrogens with zero attached hydrogens (tertiary/aromatic N) is 2. The molecule has 0 radical (unpaired) electrons. The number of benzene rings is 1. The molecule has 124 valence electrons. The summed E-state index contributed by atoms with van der Waals surface area (Å²) in [5.74, 6) is -1.29. The fraction of sp³-hybridized carbons (Fsp3) is 0.357. The van der Waals surface area contributed by atoms with E-state index in [0.29, 0.717) is 5.56 Å². The third-order valence-corrected chi connectivity index (χ3v) is 3.98. The predicted molar refractivity (Wildman–Crippen MR) is 80.7 cm³/mol. The van der Waals surface area contributed by atoms with E-state index in [1.807, 2.05) is 6.07 Å². The first kappa shape index (κ1) is 18.6. The number of esters is 1. The predicted octanol–water partition coefficient (Wildman–Crippen LogP) is 0.171. The third kappa shape index (κ3) is 5.36. The van der Waals surface area contributed by atoms with Crippen LogP contribution in [0, 0.1) is 18.3 Å². The number of aryl methyl sites for hydroxylation is 1. The SMILES string of the molecule is Cc1ccc(S(N)(=O)=O)cc1C(=O)OCC(=O)N(C)CCC#N. The highest BCUT2D eigenvalue weighted by Crippen LogP contribution is 2.15. The molecule has 0 bridgehead atoms. The third-order valence-electron chi connectivity index (χ3n) is 3.07. The molecule has 0 heterocycles. The molecule has 8 nitrogen and oxygen atoms in total. The molecular formula is C14H17N3O5S. The van der Waals surface area contributed by atoms with E-state index in [1.165, 1.54) is 24.1 Å². The van der Waals surface area contributed by atoms with Gasteiger partial charge in [-0.15, -0.1) is 0 Å². The number of amides is 1. The van der Waals surface area contributed by atoms with Crippen molar-refractivity contribution in [3.8, 4) is 6.07 Å². The Morgan fingerprint density at radius 3 is 2.61 bits per heavy atom. The zero-order valence-corrected chi connectivity index (χ0v) is 13.6. The van der Waals surface area contributed by atoms with Crippen LogP contribution in [-0.2, 0) is 19.6 Å². The van der Waals surface area contributed by atoms with Crippen LogP contribution < -0.4 is 5.14 Å². The molecule has 0 saturated heterocycles. The van der Waals surface area contributed by atoms with Crippen LogP contribution in [0.25, 0.3) is 0 Å². The monoisotopic (exact) mass is 339 g/mol. The molecule has 0 aliphatic carbocycles. The van der Waals surface area contributed by atoms with E-state index < -0.39 is 28.5 Å². The van der Waals surface area contributed by atoms with Crippen LogP contribution in [0.4, 0.5) is 0 Å². The van der Waals surface area contributed by atoms with Gasteiger partial charge in [-0.3, -0.25) is 4.79 Å². The first-order valence-electron chi connectivity index (χ1n) is 6.58. The van der Waals surface area contributed by atoms with Gasteiger partial charge < -0.3 is 9.64 Å². The molecular weight excluding hydrogens is 322 g/mol. The van der Waals surface area contributed by atoms with Crippen molar-refractivity contribution >= 4 is 21.9 Å². The lowest BCUT2D eigenvalue weighted by Crippen LogP contribution is -2.32. The summed E-state index contributed by atoms with van der Waals surface area (Å²) >= 11 is 0. The maximum atomic E-state index is 12.0. The standard InChI is InChI=1S/C14H17N3O5S/c1-10-4-5-11(23(16,20)21)8-12(10)14(19)22-9-13(18)17(2)7-3-6-15/h4-5,8H,3,7,9H2,1-2H3,(H2,16,20,21). The number of ether oxygens (including phenoxy) is 1. The minimum absolute atomic E-state index is 0.0176. The maximum Gasteiger partial charge on any atom is 0.338 e. The summed E-state index contributed by atoms with van der Waals surface area (Å²) in [6.07, 6.45) is 0.172. The molecule has 1 amide bonds. The van der Waals surface area contributed by atoms with Crippen molar-refractivity contribution in [1.29, 1.82) is 5.26 Å². The molecule has 1 rings (SSSR count). The number of nitriles is 1. The van der Waals surface area contributed by atoms with Crippen LogP contribution in [0.1, 0.15) is 22.3 Å². The highest BCUT2D eigenvalue weighted by Gasteiger charge is 2.18. The summed E-state index contributed by atoms with van der Waals surface area (Å²) in [6.45, 7) is 1.33. The largest absolute Gasteiger partial charge is 0.452 e. The number of sulfonamides is 1. The number of rotatable bonds is 6. The quantitative estimate of drug-likeness (QED) is 0.735. The minimum atomic E-state index is -3.94. The van der Waals surface area contributed by atoms with Crippen LogP contribution in [0.15, 0.2) is 23.1 Å². The van der Waals surface area contributed by atoms with Gasteiger partial charge >= 0.3 is 5.97 Å². The van der Waals surface area contributed by atoms with Gasteiger partial charge in [0.2, 0.25) is 10.0 Å². The van der Waals surface area contributed by atoms with E-state index in [9.17, 15) is 18.0 Å². The van der Waals surface area contributed by atoms with Gasteiger partial charge in [0.15, 0.2) is 6.61 Å². The molecule has 0 spiro atoms. The normalized spacial score (nSPS) is 10.7. The van der Waals surface area contributed by atoms with Crippen molar-refractivity contribution in [1.82, 2.24) is 4.90 Å². The van der Waals surface area contributed by atoms with E-state index in [-0.39, 0.29) is 23.4 Å². The van der Waals surface area contributed by atoms with Gasteiger partial charge in [-0.2, -0.15) is 5.26 Å². The number of hydrogen-bond donors (Lipinski definition) is 1. The first-order valence-corrected chi connectivity index (χ1v) is 8.13. The van der Waals surface area contributed by atoms with Crippen molar-refractivity contribution in [3.63, 3.8) is 0 Å². The summed E-state index contributed by atoms with van der Waals surface area (Å²) in [4.78, 5) is 24.8. The maximum absolute atomic E-state index is 12.0. The molecule has 1 aromatic rings. The molecule has 9 heteroatoms. The van der Waals surface area contributed by atoms with Crippen molar-refractivity contribution in [3.05, 3.63) is 29.3 Å². The summed E-state index contributed by atoms with van der Waals surface area (Å²) in [6, 6.07) is 5.72. The van der Waals surface area contributed by atoms with E-state index in [2.05, 4.69) is 0 Å². The summed E-state index contributed by atoms with van der Waals surface area (Å²) in [5.41, 5.74) is 0.511. The average molecular weight is 339 g/mol. The Bertz CT molecular complexity index is 752. The van der Waals surface area contributed by atoms with Crippen molar-refractivity contribution < 1.29 is 22.7 Å². The molecule has 0 unspecified atom stereocenters. The number of carbonyl (C=O) groups is 2. The molecule has 23 heavy (non-hydrogen) atoms. The van der Waals surface area contributed by atoms with E-state index in [0.717, 1.165) is 6.07 Å². The summed E-state index contributed by atoms with van der Waals surface area (Å²) < 4.78 is 27.5. The van der Waals surface area contributed by atoms with Gasteiger partial charge in [-0.1, -0.05) is 6.07 Å². The Morgan fingerprint density at radius 2 is 2.04 bits per heavy atom.